The number of halogens is 1. The summed E-state index contributed by atoms with van der Waals surface area (Å²) in [5, 5.41) is 0. The van der Waals surface area contributed by atoms with E-state index in [0.29, 0.717) is 5.92 Å². The molecule has 0 saturated heterocycles. The van der Waals surface area contributed by atoms with Crippen LogP contribution < -0.4 is 0 Å². The van der Waals surface area contributed by atoms with Crippen LogP contribution in [0.2, 0.25) is 0 Å². The minimum absolute atomic E-state index is 0.0421. The molecule has 0 N–H and O–H groups in total. The van der Waals surface area contributed by atoms with Crippen molar-refractivity contribution in [3.63, 3.8) is 0 Å². The molecule has 0 spiro atoms. The average molecular weight is 321 g/mol. The van der Waals surface area contributed by atoms with Crippen LogP contribution in [0.25, 0.3) is 0 Å². The van der Waals surface area contributed by atoms with Crippen LogP contribution in [0.4, 0.5) is 4.39 Å². The molecular weight excluding hydrogens is 297 g/mol. The zero-order valence-electron chi connectivity index (χ0n) is 13.8. The molecule has 2 unspecified atom stereocenters. The smallest absolute Gasteiger partial charge is 0.307 e. The van der Waals surface area contributed by atoms with E-state index >= 15 is 0 Å². The molecule has 0 radical (unpaired) electrons. The van der Waals surface area contributed by atoms with Gasteiger partial charge in [0.15, 0.2) is 0 Å². The van der Waals surface area contributed by atoms with Crippen molar-refractivity contribution in [3.05, 3.63) is 35.6 Å². The van der Waals surface area contributed by atoms with Crippen molar-refractivity contribution in [1.82, 2.24) is 4.90 Å². The number of benzene rings is 1. The summed E-state index contributed by atoms with van der Waals surface area (Å²) in [6.45, 7) is 2.37. The summed E-state index contributed by atoms with van der Waals surface area (Å²) in [6.07, 6.45) is 4.26. The summed E-state index contributed by atoms with van der Waals surface area (Å²) in [5.41, 5.74) is 0.0649. The van der Waals surface area contributed by atoms with Gasteiger partial charge in [-0.15, -0.1) is 0 Å². The van der Waals surface area contributed by atoms with Gasteiger partial charge >= 0.3 is 5.97 Å². The summed E-state index contributed by atoms with van der Waals surface area (Å²) in [5.74, 6) is -0.883. The number of carbonyl (C=O) groups is 2. The summed E-state index contributed by atoms with van der Waals surface area (Å²) in [7, 11) is 1.33. The lowest BCUT2D eigenvalue weighted by Gasteiger charge is -2.38. The Morgan fingerprint density at radius 2 is 1.96 bits per heavy atom. The number of amides is 1. The second-order valence-corrected chi connectivity index (χ2v) is 6.13. The Bertz CT molecular complexity index is 561. The van der Waals surface area contributed by atoms with E-state index in [0.717, 1.165) is 25.7 Å². The summed E-state index contributed by atoms with van der Waals surface area (Å²) >= 11 is 0. The Hall–Kier alpha value is -1.91. The van der Waals surface area contributed by atoms with Crippen molar-refractivity contribution in [3.8, 4) is 0 Å². The molecule has 1 aromatic rings. The molecule has 1 saturated carbocycles. The van der Waals surface area contributed by atoms with Crippen LogP contribution in [0, 0.1) is 11.7 Å². The van der Waals surface area contributed by atoms with Gasteiger partial charge in [-0.3, -0.25) is 9.59 Å². The van der Waals surface area contributed by atoms with Gasteiger partial charge in [-0.05, 0) is 30.9 Å². The molecule has 1 aliphatic carbocycles. The first kappa shape index (κ1) is 17.4. The van der Waals surface area contributed by atoms with Crippen LogP contribution in [0.3, 0.4) is 0 Å². The number of nitrogens with zero attached hydrogens (tertiary/aromatic N) is 1. The number of hydrogen-bond donors (Lipinski definition) is 0. The number of rotatable bonds is 5. The number of ether oxygens (including phenoxy) is 1. The van der Waals surface area contributed by atoms with Crippen LogP contribution >= 0.6 is 0 Å². The number of esters is 1. The van der Waals surface area contributed by atoms with Gasteiger partial charge < -0.3 is 9.64 Å². The van der Waals surface area contributed by atoms with Crippen LogP contribution in [-0.2, 0) is 9.53 Å². The molecule has 126 valence electrons. The van der Waals surface area contributed by atoms with Crippen molar-refractivity contribution in [1.29, 1.82) is 0 Å². The molecule has 5 heteroatoms. The third kappa shape index (κ3) is 4.30. The molecule has 1 amide bonds. The maximum absolute atomic E-state index is 14.0. The zero-order chi connectivity index (χ0) is 16.8. The van der Waals surface area contributed by atoms with E-state index in [1.165, 1.54) is 19.2 Å². The van der Waals surface area contributed by atoms with E-state index in [4.69, 9.17) is 0 Å². The predicted molar refractivity (Wildman–Crippen MR) is 85.5 cm³/mol. The van der Waals surface area contributed by atoms with Crippen molar-refractivity contribution in [2.24, 2.45) is 5.92 Å². The van der Waals surface area contributed by atoms with E-state index in [1.807, 2.05) is 0 Å². The highest BCUT2D eigenvalue weighted by Crippen LogP contribution is 2.29. The van der Waals surface area contributed by atoms with Crippen molar-refractivity contribution in [2.45, 2.75) is 45.1 Å². The summed E-state index contributed by atoms with van der Waals surface area (Å²) in [4.78, 5) is 26.0. The Balaban J connectivity index is 2.23. The second kappa shape index (κ2) is 8.09. The lowest BCUT2D eigenvalue weighted by atomic mass is 9.84. The minimum Gasteiger partial charge on any atom is -0.469 e. The van der Waals surface area contributed by atoms with Gasteiger partial charge in [0.25, 0.3) is 5.91 Å². The molecule has 2 atom stereocenters. The Morgan fingerprint density at radius 3 is 2.61 bits per heavy atom. The van der Waals surface area contributed by atoms with Crippen molar-refractivity contribution < 1.29 is 18.7 Å². The molecule has 0 aliphatic heterocycles. The molecule has 1 fully saturated rings. The topological polar surface area (TPSA) is 46.6 Å². The molecule has 0 heterocycles. The largest absolute Gasteiger partial charge is 0.469 e. The van der Waals surface area contributed by atoms with Crippen LogP contribution in [0.1, 0.15) is 49.4 Å². The number of hydrogen-bond acceptors (Lipinski definition) is 3. The fraction of sp³-hybridized carbons (Fsp3) is 0.556. The van der Waals surface area contributed by atoms with E-state index in [1.54, 1.807) is 17.0 Å². The molecule has 1 aromatic carbocycles. The molecule has 2 rings (SSSR count). The van der Waals surface area contributed by atoms with E-state index in [2.05, 4.69) is 11.7 Å². The van der Waals surface area contributed by atoms with Crippen molar-refractivity contribution >= 4 is 11.9 Å². The highest BCUT2D eigenvalue weighted by atomic mass is 19.1. The predicted octanol–water partition coefficient (Wildman–Crippen LogP) is 3.41. The normalized spacial score (nSPS) is 20.8. The molecule has 0 aromatic heterocycles. The summed E-state index contributed by atoms with van der Waals surface area (Å²) in [6, 6.07) is 6.04. The van der Waals surface area contributed by atoms with Gasteiger partial charge in [-0.2, -0.15) is 0 Å². The van der Waals surface area contributed by atoms with Crippen LogP contribution in [0.15, 0.2) is 24.3 Å². The third-order valence-electron chi connectivity index (χ3n) is 4.62. The summed E-state index contributed by atoms with van der Waals surface area (Å²) < 4.78 is 18.7. The number of methoxy groups -OCH3 is 1. The first-order valence-electron chi connectivity index (χ1n) is 8.17. The lowest BCUT2D eigenvalue weighted by molar-refractivity contribution is -0.141. The fourth-order valence-corrected chi connectivity index (χ4v) is 3.28. The van der Waals surface area contributed by atoms with Crippen molar-refractivity contribution in [2.75, 3.05) is 13.7 Å². The van der Waals surface area contributed by atoms with Gasteiger partial charge in [0, 0.05) is 12.6 Å². The molecule has 23 heavy (non-hydrogen) atoms. The van der Waals surface area contributed by atoms with Gasteiger partial charge in [-0.1, -0.05) is 31.9 Å². The number of carbonyl (C=O) groups excluding carboxylic acids is 2. The first-order valence-corrected chi connectivity index (χ1v) is 8.17. The standard InChI is InChI=1S/C18H24FNO3/c1-13-7-3-6-10-16(13)20(12-11-17(21)23-2)18(22)14-8-4-5-9-15(14)19/h4-5,8-9,13,16H,3,6-7,10-12H2,1-2H3. The monoisotopic (exact) mass is 321 g/mol. The second-order valence-electron chi connectivity index (χ2n) is 6.13. The minimum atomic E-state index is -0.524. The lowest BCUT2D eigenvalue weighted by Crippen LogP contribution is -2.46. The molecule has 4 nitrogen and oxygen atoms in total. The van der Waals surface area contributed by atoms with E-state index < -0.39 is 5.82 Å². The quantitative estimate of drug-likeness (QED) is 0.781. The average Bonchev–Trinajstić information content (AvgIpc) is 2.56. The maximum atomic E-state index is 14.0. The third-order valence-corrected chi connectivity index (χ3v) is 4.62. The highest BCUT2D eigenvalue weighted by Gasteiger charge is 2.32. The van der Waals surface area contributed by atoms with E-state index in [-0.39, 0.29) is 36.4 Å². The molecule has 1 aliphatic rings. The first-order chi connectivity index (χ1) is 11.0. The molecule has 0 bridgehead atoms. The van der Waals surface area contributed by atoms with Gasteiger partial charge in [0.1, 0.15) is 5.82 Å². The Morgan fingerprint density at radius 1 is 1.26 bits per heavy atom. The fourth-order valence-electron chi connectivity index (χ4n) is 3.28. The molecular formula is C18H24FNO3. The van der Waals surface area contributed by atoms with Crippen LogP contribution in [-0.4, -0.2) is 36.5 Å². The van der Waals surface area contributed by atoms with Gasteiger partial charge in [0.2, 0.25) is 0 Å². The van der Waals surface area contributed by atoms with E-state index in [9.17, 15) is 14.0 Å². The Kier molecular flexibility index (Phi) is 6.13. The van der Waals surface area contributed by atoms with Crippen LogP contribution in [0.5, 0.6) is 0 Å². The SMILES string of the molecule is COC(=O)CCN(C(=O)c1ccccc1F)C1CCCCC1C. The van der Waals surface area contributed by atoms with Gasteiger partial charge in [-0.25, -0.2) is 4.39 Å². The highest BCUT2D eigenvalue weighted by molar-refractivity contribution is 5.95. The Labute approximate surface area is 136 Å². The zero-order valence-corrected chi connectivity index (χ0v) is 13.8. The maximum Gasteiger partial charge on any atom is 0.307 e. The van der Waals surface area contributed by atoms with Gasteiger partial charge in [0.05, 0.1) is 19.1 Å².